The Hall–Kier alpha value is -0.890. The van der Waals surface area contributed by atoms with E-state index in [1.807, 2.05) is 20.0 Å². The van der Waals surface area contributed by atoms with E-state index < -0.39 is 0 Å². The van der Waals surface area contributed by atoms with Crippen LogP contribution in [0.1, 0.15) is 12.5 Å². The Labute approximate surface area is 96.8 Å². The summed E-state index contributed by atoms with van der Waals surface area (Å²) in [5.41, 5.74) is 2.34. The molecule has 0 bridgehead atoms. The lowest BCUT2D eigenvalue weighted by atomic mass is 10.2. The topological polar surface area (TPSA) is 12.5 Å². The van der Waals surface area contributed by atoms with E-state index in [4.69, 9.17) is 16.3 Å². The van der Waals surface area contributed by atoms with Gasteiger partial charge in [0, 0.05) is 25.2 Å². The molecule has 0 aromatic heterocycles. The molecule has 0 unspecified atom stereocenters. The van der Waals surface area contributed by atoms with Crippen LogP contribution in [0.5, 0.6) is 5.75 Å². The number of benzene rings is 1. The third kappa shape index (κ3) is 3.31. The number of nitrogens with zero attached hydrogens (tertiary/aromatic N) is 1. The van der Waals surface area contributed by atoms with Gasteiger partial charge < -0.3 is 9.64 Å². The first-order valence-electron chi connectivity index (χ1n) is 5.19. The number of ether oxygens (including phenoxy) is 1. The van der Waals surface area contributed by atoms with Crippen LogP contribution in [0, 0.1) is 6.92 Å². The van der Waals surface area contributed by atoms with E-state index in [1.54, 1.807) is 0 Å². The van der Waals surface area contributed by atoms with Gasteiger partial charge in [-0.3, -0.25) is 0 Å². The Balaban J connectivity index is 2.81. The van der Waals surface area contributed by atoms with Gasteiger partial charge in [-0.1, -0.05) is 0 Å². The summed E-state index contributed by atoms with van der Waals surface area (Å²) in [4.78, 5) is 2.13. The van der Waals surface area contributed by atoms with Crippen LogP contribution >= 0.6 is 11.6 Å². The molecular formula is C12H18ClNO. The largest absolute Gasteiger partial charge is 0.494 e. The normalized spacial score (nSPS) is 10.1. The van der Waals surface area contributed by atoms with E-state index in [9.17, 15) is 0 Å². The first kappa shape index (κ1) is 12.2. The monoisotopic (exact) mass is 227 g/mol. The van der Waals surface area contributed by atoms with E-state index in [0.29, 0.717) is 12.5 Å². The molecule has 0 spiro atoms. The summed E-state index contributed by atoms with van der Waals surface area (Å²) in [6, 6.07) is 6.20. The van der Waals surface area contributed by atoms with Gasteiger partial charge in [0.05, 0.1) is 6.61 Å². The minimum absolute atomic E-state index is 0.642. The van der Waals surface area contributed by atoms with Crippen molar-refractivity contribution < 1.29 is 4.74 Å². The smallest absolute Gasteiger partial charge is 0.122 e. The third-order valence-corrected chi connectivity index (χ3v) is 2.49. The average molecular weight is 228 g/mol. The SMILES string of the molecule is CCOc1ccc(N(C)CCCl)cc1C. The molecular weight excluding hydrogens is 210 g/mol. The number of rotatable bonds is 5. The number of halogens is 1. The van der Waals surface area contributed by atoms with Crippen molar-refractivity contribution >= 4 is 17.3 Å². The highest BCUT2D eigenvalue weighted by molar-refractivity contribution is 6.18. The lowest BCUT2D eigenvalue weighted by Gasteiger charge is -2.19. The molecule has 0 aliphatic heterocycles. The lowest BCUT2D eigenvalue weighted by Crippen LogP contribution is -2.19. The Morgan fingerprint density at radius 1 is 1.40 bits per heavy atom. The van der Waals surface area contributed by atoms with Crippen molar-refractivity contribution in [1.82, 2.24) is 0 Å². The summed E-state index contributed by atoms with van der Waals surface area (Å²) >= 11 is 5.70. The molecule has 1 rings (SSSR count). The molecule has 0 atom stereocenters. The summed E-state index contributed by atoms with van der Waals surface area (Å²) in [5, 5.41) is 0. The molecule has 0 amide bonds. The molecule has 15 heavy (non-hydrogen) atoms. The number of aryl methyl sites for hydroxylation is 1. The fourth-order valence-corrected chi connectivity index (χ4v) is 1.70. The van der Waals surface area contributed by atoms with E-state index in [0.717, 1.165) is 17.9 Å². The first-order valence-corrected chi connectivity index (χ1v) is 5.73. The minimum Gasteiger partial charge on any atom is -0.494 e. The number of hydrogen-bond donors (Lipinski definition) is 0. The van der Waals surface area contributed by atoms with E-state index >= 15 is 0 Å². The second-order valence-electron chi connectivity index (χ2n) is 3.49. The van der Waals surface area contributed by atoms with Crippen LogP contribution in [-0.2, 0) is 0 Å². The molecule has 0 radical (unpaired) electrons. The Kier molecular flexibility index (Phi) is 4.76. The zero-order valence-corrected chi connectivity index (χ0v) is 10.3. The highest BCUT2D eigenvalue weighted by atomic mass is 35.5. The molecule has 0 saturated carbocycles. The predicted octanol–water partition coefficient (Wildman–Crippen LogP) is 3.07. The molecule has 3 heteroatoms. The molecule has 0 aliphatic carbocycles. The van der Waals surface area contributed by atoms with Crippen LogP contribution in [0.2, 0.25) is 0 Å². The van der Waals surface area contributed by atoms with Gasteiger partial charge in [0.15, 0.2) is 0 Å². The van der Waals surface area contributed by atoms with E-state index in [2.05, 4.69) is 24.0 Å². The summed E-state index contributed by atoms with van der Waals surface area (Å²) in [7, 11) is 2.04. The standard InChI is InChI=1S/C12H18ClNO/c1-4-15-12-6-5-11(9-10(12)2)14(3)8-7-13/h5-6,9H,4,7-8H2,1-3H3. The fourth-order valence-electron chi connectivity index (χ4n) is 1.44. The maximum Gasteiger partial charge on any atom is 0.122 e. The van der Waals surface area contributed by atoms with Crippen molar-refractivity contribution in [3.8, 4) is 5.75 Å². The zero-order valence-electron chi connectivity index (χ0n) is 9.59. The molecule has 1 aromatic rings. The second-order valence-corrected chi connectivity index (χ2v) is 3.87. The van der Waals surface area contributed by atoms with Gasteiger partial charge in [-0.15, -0.1) is 11.6 Å². The van der Waals surface area contributed by atoms with Crippen LogP contribution in [0.25, 0.3) is 0 Å². The summed E-state index contributed by atoms with van der Waals surface area (Å²) in [6.45, 7) is 5.61. The Bertz CT molecular complexity index is 314. The fraction of sp³-hybridized carbons (Fsp3) is 0.500. The average Bonchev–Trinajstić information content (AvgIpc) is 2.21. The molecule has 0 saturated heterocycles. The van der Waals surface area contributed by atoms with Gasteiger partial charge in [-0.05, 0) is 37.6 Å². The summed E-state index contributed by atoms with van der Waals surface area (Å²) in [5.74, 6) is 1.60. The lowest BCUT2D eigenvalue weighted by molar-refractivity contribution is 0.338. The Morgan fingerprint density at radius 2 is 2.13 bits per heavy atom. The number of anilines is 1. The number of alkyl halides is 1. The summed E-state index contributed by atoms with van der Waals surface area (Å²) in [6.07, 6.45) is 0. The van der Waals surface area contributed by atoms with E-state index in [1.165, 1.54) is 5.69 Å². The van der Waals surface area contributed by atoms with Crippen LogP contribution in [-0.4, -0.2) is 26.1 Å². The van der Waals surface area contributed by atoms with Gasteiger partial charge in [0.1, 0.15) is 5.75 Å². The maximum absolute atomic E-state index is 5.70. The van der Waals surface area contributed by atoms with Crippen molar-refractivity contribution in [3.05, 3.63) is 23.8 Å². The number of hydrogen-bond acceptors (Lipinski definition) is 2. The second kappa shape index (κ2) is 5.86. The quantitative estimate of drug-likeness (QED) is 0.717. The minimum atomic E-state index is 0.642. The molecule has 84 valence electrons. The van der Waals surface area contributed by atoms with Gasteiger partial charge in [-0.25, -0.2) is 0 Å². The van der Waals surface area contributed by atoms with Crippen molar-refractivity contribution in [2.45, 2.75) is 13.8 Å². The predicted molar refractivity (Wildman–Crippen MR) is 66.3 cm³/mol. The third-order valence-electron chi connectivity index (χ3n) is 2.32. The van der Waals surface area contributed by atoms with Crippen molar-refractivity contribution in [2.75, 3.05) is 31.0 Å². The van der Waals surface area contributed by atoms with Crippen molar-refractivity contribution in [3.63, 3.8) is 0 Å². The van der Waals surface area contributed by atoms with Crippen LogP contribution < -0.4 is 9.64 Å². The molecule has 0 aliphatic rings. The van der Waals surface area contributed by atoms with Crippen LogP contribution in [0.3, 0.4) is 0 Å². The highest BCUT2D eigenvalue weighted by Gasteiger charge is 2.03. The highest BCUT2D eigenvalue weighted by Crippen LogP contribution is 2.23. The molecule has 0 heterocycles. The molecule has 1 aromatic carbocycles. The van der Waals surface area contributed by atoms with Crippen molar-refractivity contribution in [2.24, 2.45) is 0 Å². The zero-order chi connectivity index (χ0) is 11.3. The molecule has 2 nitrogen and oxygen atoms in total. The van der Waals surface area contributed by atoms with Crippen molar-refractivity contribution in [1.29, 1.82) is 0 Å². The molecule has 0 fully saturated rings. The van der Waals surface area contributed by atoms with Gasteiger partial charge in [0.25, 0.3) is 0 Å². The maximum atomic E-state index is 5.70. The summed E-state index contributed by atoms with van der Waals surface area (Å²) < 4.78 is 5.49. The van der Waals surface area contributed by atoms with E-state index in [-0.39, 0.29) is 0 Å². The van der Waals surface area contributed by atoms with Gasteiger partial charge >= 0.3 is 0 Å². The van der Waals surface area contributed by atoms with Crippen LogP contribution in [0.4, 0.5) is 5.69 Å². The first-order chi connectivity index (χ1) is 7.19. The van der Waals surface area contributed by atoms with Gasteiger partial charge in [0.2, 0.25) is 0 Å². The van der Waals surface area contributed by atoms with Crippen LogP contribution in [0.15, 0.2) is 18.2 Å². The Morgan fingerprint density at radius 3 is 2.67 bits per heavy atom. The molecule has 0 N–H and O–H groups in total. The van der Waals surface area contributed by atoms with Gasteiger partial charge in [-0.2, -0.15) is 0 Å².